The Bertz CT molecular complexity index is 1010. The highest BCUT2D eigenvalue weighted by molar-refractivity contribution is 7.99. The molecule has 1 aromatic carbocycles. The Kier molecular flexibility index (Phi) is 6.26. The van der Waals surface area contributed by atoms with Crippen molar-refractivity contribution in [2.75, 3.05) is 5.75 Å². The topological polar surface area (TPSA) is 72.2 Å². The van der Waals surface area contributed by atoms with Crippen LogP contribution in [0.15, 0.2) is 53.0 Å². The Morgan fingerprint density at radius 3 is 2.64 bits per heavy atom. The number of benzene rings is 1. The van der Waals surface area contributed by atoms with Crippen molar-refractivity contribution in [2.24, 2.45) is 5.10 Å². The van der Waals surface area contributed by atoms with Gasteiger partial charge in [-0.2, -0.15) is 5.10 Å². The average Bonchev–Trinajstić information content (AvgIpc) is 2.95. The average molecular weight is 394 g/mol. The van der Waals surface area contributed by atoms with E-state index in [0.717, 1.165) is 22.6 Å². The van der Waals surface area contributed by atoms with Crippen molar-refractivity contribution >= 4 is 23.9 Å². The predicted molar refractivity (Wildman–Crippen MR) is 113 cm³/mol. The fourth-order valence-electron chi connectivity index (χ4n) is 3.04. The molecule has 0 atom stereocenters. The lowest BCUT2D eigenvalue weighted by Gasteiger charge is -2.13. The molecule has 0 saturated carbocycles. The van der Waals surface area contributed by atoms with Crippen molar-refractivity contribution in [3.05, 3.63) is 70.8 Å². The highest BCUT2D eigenvalue weighted by Gasteiger charge is 2.11. The molecule has 0 unspecified atom stereocenters. The van der Waals surface area contributed by atoms with Gasteiger partial charge in [0.15, 0.2) is 5.16 Å². The van der Waals surface area contributed by atoms with Gasteiger partial charge in [0.25, 0.3) is 5.91 Å². The fourth-order valence-corrected chi connectivity index (χ4v) is 3.64. The van der Waals surface area contributed by atoms with Crippen LogP contribution >= 0.6 is 11.8 Å². The van der Waals surface area contributed by atoms with E-state index in [0.29, 0.717) is 5.16 Å². The van der Waals surface area contributed by atoms with E-state index >= 15 is 0 Å². The first-order chi connectivity index (χ1) is 13.5. The second-order valence-electron chi connectivity index (χ2n) is 6.57. The van der Waals surface area contributed by atoms with Gasteiger partial charge in [0.05, 0.1) is 12.0 Å². The van der Waals surface area contributed by atoms with Gasteiger partial charge in [-0.05, 0) is 51.5 Å². The van der Waals surface area contributed by atoms with Gasteiger partial charge in [-0.25, -0.2) is 15.4 Å². The molecule has 0 spiro atoms. The highest BCUT2D eigenvalue weighted by atomic mass is 32.2. The van der Waals surface area contributed by atoms with Gasteiger partial charge in [0.1, 0.15) is 0 Å². The minimum absolute atomic E-state index is 0.197. The van der Waals surface area contributed by atoms with Gasteiger partial charge in [0.2, 0.25) is 0 Å². The minimum atomic E-state index is -0.197. The lowest BCUT2D eigenvalue weighted by Crippen LogP contribution is -2.19. The molecule has 2 aromatic heterocycles. The summed E-state index contributed by atoms with van der Waals surface area (Å²) in [4.78, 5) is 20.1. The molecule has 0 aliphatic rings. The molecule has 1 N–H and O–H groups in total. The van der Waals surface area contributed by atoms with E-state index in [1.165, 1.54) is 22.9 Å². The van der Waals surface area contributed by atoms with Crippen LogP contribution in [0, 0.1) is 27.7 Å². The van der Waals surface area contributed by atoms with Gasteiger partial charge in [-0.3, -0.25) is 4.79 Å². The Labute approximate surface area is 169 Å². The van der Waals surface area contributed by atoms with Crippen LogP contribution in [0.3, 0.4) is 0 Å². The Morgan fingerprint density at radius 1 is 1.18 bits per heavy atom. The molecule has 0 fully saturated rings. The van der Waals surface area contributed by atoms with Gasteiger partial charge in [0, 0.05) is 35.0 Å². The molecule has 6 nitrogen and oxygen atoms in total. The van der Waals surface area contributed by atoms with E-state index in [4.69, 9.17) is 0 Å². The van der Waals surface area contributed by atoms with Gasteiger partial charge < -0.3 is 4.57 Å². The molecular weight excluding hydrogens is 370 g/mol. The van der Waals surface area contributed by atoms with Crippen molar-refractivity contribution in [1.29, 1.82) is 0 Å². The van der Waals surface area contributed by atoms with E-state index in [9.17, 15) is 4.79 Å². The van der Waals surface area contributed by atoms with E-state index in [2.05, 4.69) is 77.0 Å². The van der Waals surface area contributed by atoms with Crippen molar-refractivity contribution in [3.8, 4) is 5.69 Å². The third-order valence-corrected chi connectivity index (χ3v) is 5.21. The molecule has 0 saturated heterocycles. The molecule has 0 aliphatic heterocycles. The number of nitrogens with zero attached hydrogens (tertiary/aromatic N) is 4. The summed E-state index contributed by atoms with van der Waals surface area (Å²) in [6, 6.07) is 10.2. The largest absolute Gasteiger partial charge is 0.318 e. The highest BCUT2D eigenvalue weighted by Crippen LogP contribution is 2.23. The second kappa shape index (κ2) is 8.84. The summed E-state index contributed by atoms with van der Waals surface area (Å²) in [6.07, 6.45) is 4.98. The van der Waals surface area contributed by atoms with E-state index < -0.39 is 0 Å². The van der Waals surface area contributed by atoms with Crippen molar-refractivity contribution < 1.29 is 4.79 Å². The summed E-state index contributed by atoms with van der Waals surface area (Å²) in [5, 5.41) is 4.68. The normalized spacial score (nSPS) is 11.1. The number of aryl methyl sites for hydroxylation is 3. The Morgan fingerprint density at radius 2 is 1.93 bits per heavy atom. The third kappa shape index (κ3) is 4.67. The van der Waals surface area contributed by atoms with Crippen LogP contribution in [-0.2, 0) is 4.79 Å². The molecule has 3 rings (SSSR count). The lowest BCUT2D eigenvalue weighted by molar-refractivity contribution is -0.118. The van der Waals surface area contributed by atoms with Crippen LogP contribution in [0.25, 0.3) is 5.69 Å². The van der Waals surface area contributed by atoms with Crippen LogP contribution in [-0.4, -0.2) is 32.4 Å². The smallest absolute Gasteiger partial charge is 0.250 e. The molecule has 0 aliphatic carbocycles. The fraction of sp³-hybridized carbons (Fsp3) is 0.238. The van der Waals surface area contributed by atoms with E-state index in [1.54, 1.807) is 24.7 Å². The number of amides is 1. The van der Waals surface area contributed by atoms with Crippen LogP contribution in [0.2, 0.25) is 0 Å². The standard InChI is InChI=1S/C21H23N5OS/c1-14-6-7-19(15(2)10-14)26-16(3)11-18(17(26)4)12-24-25-20(27)13-28-21-22-8-5-9-23-21/h5-12H,13H2,1-4H3,(H,25,27)/b24-12-. The number of nitrogens with one attached hydrogen (secondary N) is 1. The molecule has 0 bridgehead atoms. The number of hydrogen-bond acceptors (Lipinski definition) is 5. The zero-order valence-corrected chi connectivity index (χ0v) is 17.2. The third-order valence-electron chi connectivity index (χ3n) is 4.33. The summed E-state index contributed by atoms with van der Waals surface area (Å²) < 4.78 is 2.21. The van der Waals surface area contributed by atoms with Crippen molar-refractivity contribution in [2.45, 2.75) is 32.9 Å². The number of aromatic nitrogens is 3. The van der Waals surface area contributed by atoms with E-state index in [-0.39, 0.29) is 11.7 Å². The molecule has 28 heavy (non-hydrogen) atoms. The Hall–Kier alpha value is -2.93. The Balaban J connectivity index is 1.67. The monoisotopic (exact) mass is 393 g/mol. The number of carbonyl (C=O) groups excluding carboxylic acids is 1. The molecule has 7 heteroatoms. The van der Waals surface area contributed by atoms with Crippen molar-refractivity contribution in [1.82, 2.24) is 20.0 Å². The zero-order valence-electron chi connectivity index (χ0n) is 16.4. The van der Waals surface area contributed by atoms with Crippen molar-refractivity contribution in [3.63, 3.8) is 0 Å². The van der Waals surface area contributed by atoms with Gasteiger partial charge in [-0.1, -0.05) is 29.5 Å². The number of rotatable bonds is 6. The van der Waals surface area contributed by atoms with E-state index in [1.807, 2.05) is 0 Å². The van der Waals surface area contributed by atoms with Crippen LogP contribution in [0.4, 0.5) is 0 Å². The van der Waals surface area contributed by atoms with Crippen LogP contribution in [0.5, 0.6) is 0 Å². The summed E-state index contributed by atoms with van der Waals surface area (Å²) >= 11 is 1.27. The summed E-state index contributed by atoms with van der Waals surface area (Å²) in [5.74, 6) is 0.0139. The first kappa shape index (κ1) is 19.8. The summed E-state index contributed by atoms with van der Waals surface area (Å²) in [6.45, 7) is 8.33. The molecule has 144 valence electrons. The van der Waals surface area contributed by atoms with Crippen LogP contribution < -0.4 is 5.43 Å². The second-order valence-corrected chi connectivity index (χ2v) is 7.51. The molecular formula is C21H23N5OS. The first-order valence-corrected chi connectivity index (χ1v) is 9.92. The SMILES string of the molecule is Cc1ccc(-n2c(C)cc(/C=N\NC(=O)CSc3ncccn3)c2C)c(C)c1. The molecule has 1 amide bonds. The van der Waals surface area contributed by atoms with Gasteiger partial charge in [-0.15, -0.1) is 0 Å². The van der Waals surface area contributed by atoms with Gasteiger partial charge >= 0.3 is 0 Å². The summed E-state index contributed by atoms with van der Waals surface area (Å²) in [5.41, 5.74) is 9.35. The molecule has 3 aromatic rings. The number of carbonyl (C=O) groups is 1. The maximum absolute atomic E-state index is 12.0. The quantitative estimate of drug-likeness (QED) is 0.300. The molecule has 2 heterocycles. The minimum Gasteiger partial charge on any atom is -0.318 e. The van der Waals surface area contributed by atoms with Crippen LogP contribution in [0.1, 0.15) is 28.1 Å². The summed E-state index contributed by atoms with van der Waals surface area (Å²) in [7, 11) is 0. The number of hydrogen-bond donors (Lipinski definition) is 1. The lowest BCUT2D eigenvalue weighted by atomic mass is 10.1. The number of hydrazone groups is 1. The number of thioether (sulfide) groups is 1. The predicted octanol–water partition coefficient (Wildman–Crippen LogP) is 3.74. The maximum atomic E-state index is 12.0. The zero-order chi connectivity index (χ0) is 20.1. The maximum Gasteiger partial charge on any atom is 0.250 e. The first-order valence-electron chi connectivity index (χ1n) is 8.94. The molecule has 0 radical (unpaired) electrons.